The van der Waals surface area contributed by atoms with E-state index in [9.17, 15) is 5.11 Å². The first-order chi connectivity index (χ1) is 11.7. The van der Waals surface area contributed by atoms with Crippen LogP contribution in [0.1, 0.15) is 38.5 Å². The second-order valence-electron chi connectivity index (χ2n) is 7.09. The zero-order valence-corrected chi connectivity index (χ0v) is 14.9. The second kappa shape index (κ2) is 8.52. The smallest absolute Gasteiger partial charge is 0.126 e. The molecule has 0 spiro atoms. The Morgan fingerprint density at radius 3 is 2.46 bits per heavy atom. The van der Waals surface area contributed by atoms with E-state index in [1.165, 1.54) is 0 Å². The summed E-state index contributed by atoms with van der Waals surface area (Å²) < 4.78 is 6.03. The summed E-state index contributed by atoms with van der Waals surface area (Å²) in [5, 5.41) is 20.6. The van der Waals surface area contributed by atoms with Gasteiger partial charge in [0.05, 0.1) is 0 Å². The third kappa shape index (κ3) is 4.42. The van der Waals surface area contributed by atoms with E-state index in [4.69, 9.17) is 21.4 Å². The summed E-state index contributed by atoms with van der Waals surface area (Å²) in [6.07, 6.45) is 5.54. The lowest BCUT2D eigenvalue weighted by atomic mass is 9.86. The number of likely N-dealkylation sites (tertiary alicyclic amines) is 1. The van der Waals surface area contributed by atoms with Gasteiger partial charge in [0.1, 0.15) is 18.0 Å². The summed E-state index contributed by atoms with van der Waals surface area (Å²) in [6.45, 7) is 2.31. The summed E-state index contributed by atoms with van der Waals surface area (Å²) in [6, 6.07) is 7.54. The van der Waals surface area contributed by atoms with Crippen molar-refractivity contribution in [2.24, 2.45) is 5.92 Å². The standard InChI is InChI=1S/C19H28ClNO3/c20-15-4-6-16(7-5-15)24-18-3-1-2-17(19(18)23)21-11-8-14(9-12-21)10-13-22/h4-7,14,17-19,22-23H,1-3,8-13H2/t17-,18+,19+/m0/s1. The molecular weight excluding hydrogens is 326 g/mol. The van der Waals surface area contributed by atoms with E-state index in [0.717, 1.165) is 57.4 Å². The minimum absolute atomic E-state index is 0.153. The molecule has 1 heterocycles. The largest absolute Gasteiger partial charge is 0.488 e. The Morgan fingerprint density at radius 2 is 1.79 bits per heavy atom. The molecule has 0 aromatic heterocycles. The van der Waals surface area contributed by atoms with Crippen LogP contribution in [-0.2, 0) is 0 Å². The predicted molar refractivity (Wildman–Crippen MR) is 95.5 cm³/mol. The first kappa shape index (κ1) is 18.0. The molecule has 134 valence electrons. The van der Waals surface area contributed by atoms with Crippen LogP contribution in [-0.4, -0.2) is 53.1 Å². The molecule has 1 saturated heterocycles. The number of ether oxygens (including phenoxy) is 1. The first-order valence-electron chi connectivity index (χ1n) is 9.12. The number of aliphatic hydroxyl groups is 2. The van der Waals surface area contributed by atoms with Crippen LogP contribution in [0.5, 0.6) is 5.75 Å². The molecule has 3 rings (SSSR count). The Bertz CT molecular complexity index is 502. The van der Waals surface area contributed by atoms with E-state index in [1.54, 1.807) is 0 Å². The van der Waals surface area contributed by atoms with Crippen molar-refractivity contribution < 1.29 is 14.9 Å². The maximum absolute atomic E-state index is 10.8. The first-order valence-corrected chi connectivity index (χ1v) is 9.50. The lowest BCUT2D eigenvalue weighted by molar-refractivity contribution is -0.0611. The molecule has 1 aliphatic heterocycles. The minimum Gasteiger partial charge on any atom is -0.488 e. The van der Waals surface area contributed by atoms with Gasteiger partial charge in [-0.25, -0.2) is 0 Å². The van der Waals surface area contributed by atoms with Crippen LogP contribution >= 0.6 is 11.6 Å². The van der Waals surface area contributed by atoms with E-state index < -0.39 is 6.10 Å². The maximum atomic E-state index is 10.8. The van der Waals surface area contributed by atoms with Crippen LogP contribution in [0.15, 0.2) is 24.3 Å². The topological polar surface area (TPSA) is 52.9 Å². The number of nitrogens with zero attached hydrogens (tertiary/aromatic N) is 1. The normalized spacial score (nSPS) is 29.5. The molecule has 2 aliphatic rings. The summed E-state index contributed by atoms with van der Waals surface area (Å²) in [7, 11) is 0. The Labute approximate surface area is 149 Å². The van der Waals surface area contributed by atoms with Gasteiger partial charge in [0.15, 0.2) is 0 Å². The molecule has 3 atom stereocenters. The van der Waals surface area contributed by atoms with Gasteiger partial charge in [0.25, 0.3) is 0 Å². The Hall–Kier alpha value is -0.810. The van der Waals surface area contributed by atoms with Crippen molar-refractivity contribution in [3.05, 3.63) is 29.3 Å². The van der Waals surface area contributed by atoms with Crippen molar-refractivity contribution in [1.29, 1.82) is 0 Å². The highest BCUT2D eigenvalue weighted by Crippen LogP contribution is 2.31. The van der Waals surface area contributed by atoms with Crippen molar-refractivity contribution in [3.63, 3.8) is 0 Å². The van der Waals surface area contributed by atoms with Crippen LogP contribution in [0, 0.1) is 5.92 Å². The second-order valence-corrected chi connectivity index (χ2v) is 7.53. The summed E-state index contributed by atoms with van der Waals surface area (Å²) in [5.74, 6) is 1.40. The van der Waals surface area contributed by atoms with Gasteiger partial charge in [0.2, 0.25) is 0 Å². The number of hydrogen-bond acceptors (Lipinski definition) is 4. The number of benzene rings is 1. The monoisotopic (exact) mass is 353 g/mol. The van der Waals surface area contributed by atoms with Gasteiger partial charge >= 0.3 is 0 Å². The quantitative estimate of drug-likeness (QED) is 0.854. The zero-order valence-electron chi connectivity index (χ0n) is 14.1. The summed E-state index contributed by atoms with van der Waals surface area (Å²) in [4.78, 5) is 2.43. The highest BCUT2D eigenvalue weighted by Gasteiger charge is 2.37. The van der Waals surface area contributed by atoms with Crippen LogP contribution in [0.2, 0.25) is 5.02 Å². The lowest BCUT2D eigenvalue weighted by Crippen LogP contribution is -2.54. The van der Waals surface area contributed by atoms with Crippen molar-refractivity contribution in [2.75, 3.05) is 19.7 Å². The van der Waals surface area contributed by atoms with Crippen molar-refractivity contribution in [1.82, 2.24) is 4.90 Å². The van der Waals surface area contributed by atoms with Gasteiger partial charge in [-0.05, 0) is 81.8 Å². The molecule has 0 radical (unpaired) electrons. The fourth-order valence-corrected chi connectivity index (χ4v) is 4.21. The molecular formula is C19H28ClNO3. The van der Waals surface area contributed by atoms with Gasteiger partial charge in [-0.15, -0.1) is 0 Å². The molecule has 1 saturated carbocycles. The molecule has 1 aromatic carbocycles. The molecule has 0 unspecified atom stereocenters. The summed E-state index contributed by atoms with van der Waals surface area (Å²) in [5.41, 5.74) is 0. The average Bonchev–Trinajstić information content (AvgIpc) is 2.60. The fourth-order valence-electron chi connectivity index (χ4n) is 4.09. The van der Waals surface area contributed by atoms with E-state index in [2.05, 4.69) is 4.90 Å². The van der Waals surface area contributed by atoms with Crippen LogP contribution in [0.4, 0.5) is 0 Å². The van der Waals surface area contributed by atoms with E-state index in [0.29, 0.717) is 10.9 Å². The number of hydrogen-bond donors (Lipinski definition) is 2. The van der Waals surface area contributed by atoms with Crippen LogP contribution in [0.25, 0.3) is 0 Å². The number of piperidine rings is 1. The SMILES string of the molecule is OCCC1CCN([C@H]2CCC[C@@H](Oc3ccc(Cl)cc3)[C@@H]2O)CC1. The van der Waals surface area contributed by atoms with Gasteiger partial charge in [-0.1, -0.05) is 11.6 Å². The number of aliphatic hydroxyl groups excluding tert-OH is 2. The molecule has 0 amide bonds. The number of rotatable bonds is 5. The Kier molecular flexibility index (Phi) is 6.39. The molecule has 2 N–H and O–H groups in total. The molecule has 1 aliphatic carbocycles. The van der Waals surface area contributed by atoms with Gasteiger partial charge < -0.3 is 14.9 Å². The molecule has 2 fully saturated rings. The lowest BCUT2D eigenvalue weighted by Gasteiger charge is -2.44. The third-order valence-corrected chi connectivity index (χ3v) is 5.77. The highest BCUT2D eigenvalue weighted by atomic mass is 35.5. The maximum Gasteiger partial charge on any atom is 0.126 e. The average molecular weight is 354 g/mol. The fraction of sp³-hybridized carbons (Fsp3) is 0.684. The Morgan fingerprint density at radius 1 is 1.08 bits per heavy atom. The van der Waals surface area contributed by atoms with E-state index in [1.807, 2.05) is 24.3 Å². The number of halogens is 1. The van der Waals surface area contributed by atoms with Crippen molar-refractivity contribution in [2.45, 2.75) is 56.8 Å². The molecule has 4 nitrogen and oxygen atoms in total. The third-order valence-electron chi connectivity index (χ3n) is 5.52. The van der Waals surface area contributed by atoms with Crippen molar-refractivity contribution >= 4 is 11.6 Å². The summed E-state index contributed by atoms with van der Waals surface area (Å²) >= 11 is 5.91. The molecule has 24 heavy (non-hydrogen) atoms. The van der Waals surface area contributed by atoms with E-state index in [-0.39, 0.29) is 18.8 Å². The van der Waals surface area contributed by atoms with Crippen LogP contribution < -0.4 is 4.74 Å². The molecule has 0 bridgehead atoms. The highest BCUT2D eigenvalue weighted by molar-refractivity contribution is 6.30. The Balaban J connectivity index is 1.56. The predicted octanol–water partition coefficient (Wildman–Crippen LogP) is 3.10. The zero-order chi connectivity index (χ0) is 16.9. The van der Waals surface area contributed by atoms with Gasteiger partial charge in [-0.2, -0.15) is 0 Å². The minimum atomic E-state index is -0.455. The van der Waals surface area contributed by atoms with Crippen molar-refractivity contribution in [3.8, 4) is 5.75 Å². The van der Waals surface area contributed by atoms with Gasteiger partial charge in [-0.3, -0.25) is 4.90 Å². The molecule has 1 aromatic rings. The van der Waals surface area contributed by atoms with Crippen LogP contribution in [0.3, 0.4) is 0 Å². The van der Waals surface area contributed by atoms with E-state index >= 15 is 0 Å². The van der Waals surface area contributed by atoms with Gasteiger partial charge in [0, 0.05) is 17.7 Å². The molecule has 5 heteroatoms.